The highest BCUT2D eigenvalue weighted by Crippen LogP contribution is 2.15. The summed E-state index contributed by atoms with van der Waals surface area (Å²) in [4.78, 5) is 24.3. The predicted octanol–water partition coefficient (Wildman–Crippen LogP) is 2.24. The standard InChI is InChI=1S/C23H21F2N3O4S/c24-18-12-10-17(11-13-18)15-22(29)26-27-23(30)20(14-16-6-2-1-3-7-16)28-33(31,32)21-9-5-4-8-19(21)25/h1-13,20,28H,14-15H2,(H,26,29)(H,27,30)/t20-/m0/s1. The van der Waals surface area contributed by atoms with Gasteiger partial charge in [-0.15, -0.1) is 0 Å². The van der Waals surface area contributed by atoms with Crippen molar-refractivity contribution in [2.24, 2.45) is 0 Å². The van der Waals surface area contributed by atoms with Crippen molar-refractivity contribution >= 4 is 21.8 Å². The number of hydrogen-bond donors (Lipinski definition) is 3. The molecule has 2 amide bonds. The van der Waals surface area contributed by atoms with Crippen molar-refractivity contribution in [1.29, 1.82) is 0 Å². The van der Waals surface area contributed by atoms with Crippen molar-refractivity contribution in [3.05, 3.63) is 102 Å². The summed E-state index contributed by atoms with van der Waals surface area (Å²) in [5.41, 5.74) is 5.56. The van der Waals surface area contributed by atoms with Crippen molar-refractivity contribution in [3.63, 3.8) is 0 Å². The summed E-state index contributed by atoms with van der Waals surface area (Å²) >= 11 is 0. The maximum absolute atomic E-state index is 14.0. The lowest BCUT2D eigenvalue weighted by atomic mass is 10.1. The van der Waals surface area contributed by atoms with Crippen molar-refractivity contribution in [2.45, 2.75) is 23.8 Å². The van der Waals surface area contributed by atoms with Crippen LogP contribution < -0.4 is 15.6 Å². The Morgan fingerprint density at radius 1 is 0.788 bits per heavy atom. The van der Waals surface area contributed by atoms with Crippen LogP contribution in [0.5, 0.6) is 0 Å². The van der Waals surface area contributed by atoms with Gasteiger partial charge in [-0.2, -0.15) is 4.72 Å². The van der Waals surface area contributed by atoms with E-state index in [9.17, 15) is 26.8 Å². The first kappa shape index (κ1) is 24.0. The van der Waals surface area contributed by atoms with Gasteiger partial charge < -0.3 is 0 Å². The minimum atomic E-state index is -4.38. The first-order valence-electron chi connectivity index (χ1n) is 9.88. The maximum Gasteiger partial charge on any atom is 0.256 e. The van der Waals surface area contributed by atoms with Crippen LogP contribution in [0.15, 0.2) is 83.8 Å². The number of sulfonamides is 1. The van der Waals surface area contributed by atoms with Crippen LogP contribution in [0.4, 0.5) is 8.78 Å². The van der Waals surface area contributed by atoms with Gasteiger partial charge in [0.15, 0.2) is 0 Å². The summed E-state index contributed by atoms with van der Waals surface area (Å²) in [6.07, 6.45) is -0.181. The SMILES string of the molecule is O=C(Cc1ccc(F)cc1)NNC(=O)[C@H](Cc1ccccc1)NS(=O)(=O)c1ccccc1F. The Bertz CT molecular complexity index is 1220. The van der Waals surface area contributed by atoms with Crippen LogP contribution in [0.3, 0.4) is 0 Å². The molecule has 0 aliphatic carbocycles. The van der Waals surface area contributed by atoms with E-state index in [1.54, 1.807) is 30.3 Å². The van der Waals surface area contributed by atoms with Crippen molar-refractivity contribution in [2.75, 3.05) is 0 Å². The molecule has 3 rings (SSSR count). The average Bonchev–Trinajstić information content (AvgIpc) is 2.79. The topological polar surface area (TPSA) is 104 Å². The lowest BCUT2D eigenvalue weighted by Gasteiger charge is -2.19. The van der Waals surface area contributed by atoms with Crippen molar-refractivity contribution in [1.82, 2.24) is 15.6 Å². The largest absolute Gasteiger partial charge is 0.273 e. The highest BCUT2D eigenvalue weighted by atomic mass is 32.2. The van der Waals surface area contributed by atoms with Crippen LogP contribution in [0.1, 0.15) is 11.1 Å². The molecule has 0 aliphatic heterocycles. The fourth-order valence-corrected chi connectivity index (χ4v) is 4.28. The molecule has 7 nitrogen and oxygen atoms in total. The molecule has 33 heavy (non-hydrogen) atoms. The van der Waals surface area contributed by atoms with Gasteiger partial charge in [-0.3, -0.25) is 20.4 Å². The second kappa shape index (κ2) is 10.8. The van der Waals surface area contributed by atoms with Gasteiger partial charge in [-0.1, -0.05) is 54.6 Å². The monoisotopic (exact) mass is 473 g/mol. The van der Waals surface area contributed by atoms with E-state index < -0.39 is 44.4 Å². The Labute approximate surface area is 189 Å². The summed E-state index contributed by atoms with van der Waals surface area (Å²) in [5.74, 6) is -2.84. The molecule has 172 valence electrons. The minimum absolute atomic E-state index is 0.0474. The fraction of sp³-hybridized carbons (Fsp3) is 0.130. The van der Waals surface area contributed by atoms with Crippen molar-refractivity contribution in [3.8, 4) is 0 Å². The van der Waals surface area contributed by atoms with Crippen molar-refractivity contribution < 1.29 is 26.8 Å². The minimum Gasteiger partial charge on any atom is -0.273 e. The molecular formula is C23H21F2N3O4S. The van der Waals surface area contributed by atoms with Crippen LogP contribution in [0, 0.1) is 11.6 Å². The van der Waals surface area contributed by atoms with Crippen LogP contribution in [0.2, 0.25) is 0 Å². The third kappa shape index (κ3) is 6.93. The first-order valence-corrected chi connectivity index (χ1v) is 11.4. The van der Waals surface area contributed by atoms with Gasteiger partial charge in [0, 0.05) is 0 Å². The molecular weight excluding hydrogens is 452 g/mol. The van der Waals surface area contributed by atoms with E-state index in [1.807, 2.05) is 0 Å². The van der Waals surface area contributed by atoms with E-state index in [2.05, 4.69) is 15.6 Å². The summed E-state index contributed by atoms with van der Waals surface area (Å²) in [6, 6.07) is 17.3. The lowest BCUT2D eigenvalue weighted by Crippen LogP contribution is -2.53. The van der Waals surface area contributed by atoms with Gasteiger partial charge in [-0.25, -0.2) is 17.2 Å². The molecule has 0 aliphatic rings. The summed E-state index contributed by atoms with van der Waals surface area (Å²) in [5, 5.41) is 0. The Hall–Kier alpha value is -3.63. The zero-order valence-corrected chi connectivity index (χ0v) is 18.1. The second-order valence-corrected chi connectivity index (χ2v) is 8.82. The smallest absolute Gasteiger partial charge is 0.256 e. The normalized spacial score (nSPS) is 12.1. The molecule has 1 atom stereocenters. The molecule has 0 bridgehead atoms. The maximum atomic E-state index is 14.0. The lowest BCUT2D eigenvalue weighted by molar-refractivity contribution is -0.129. The number of hydrogen-bond acceptors (Lipinski definition) is 4. The molecule has 0 spiro atoms. The number of benzene rings is 3. The Morgan fingerprint density at radius 3 is 2.09 bits per heavy atom. The van der Waals surface area contributed by atoms with Gasteiger partial charge >= 0.3 is 0 Å². The number of amides is 2. The van der Waals surface area contributed by atoms with Gasteiger partial charge in [0.2, 0.25) is 15.9 Å². The van der Waals surface area contributed by atoms with E-state index in [0.717, 1.165) is 12.1 Å². The molecule has 0 saturated heterocycles. The molecule has 0 radical (unpaired) electrons. The van der Waals surface area contributed by atoms with Crippen LogP contribution in [-0.2, 0) is 32.5 Å². The van der Waals surface area contributed by atoms with E-state index in [-0.39, 0.29) is 12.8 Å². The van der Waals surface area contributed by atoms with E-state index in [4.69, 9.17) is 0 Å². The zero-order chi connectivity index (χ0) is 23.8. The first-order chi connectivity index (χ1) is 15.7. The quantitative estimate of drug-likeness (QED) is 0.437. The molecule has 0 heterocycles. The number of carbonyl (C=O) groups excluding carboxylic acids is 2. The zero-order valence-electron chi connectivity index (χ0n) is 17.3. The molecule has 0 aromatic heterocycles. The second-order valence-electron chi connectivity index (χ2n) is 7.13. The average molecular weight is 474 g/mol. The molecule has 0 fully saturated rings. The molecule has 0 unspecified atom stereocenters. The number of halogens is 2. The van der Waals surface area contributed by atoms with Crippen LogP contribution >= 0.6 is 0 Å². The van der Waals surface area contributed by atoms with E-state index >= 15 is 0 Å². The number of rotatable bonds is 8. The third-order valence-corrected chi connectivity index (χ3v) is 6.13. The Morgan fingerprint density at radius 2 is 1.42 bits per heavy atom. The van der Waals surface area contributed by atoms with Gasteiger partial charge in [-0.05, 0) is 41.8 Å². The van der Waals surface area contributed by atoms with Gasteiger partial charge in [0.1, 0.15) is 22.6 Å². The fourth-order valence-electron chi connectivity index (χ4n) is 3.00. The molecule has 3 N–H and O–H groups in total. The molecule has 0 saturated carbocycles. The van der Waals surface area contributed by atoms with E-state index in [1.165, 1.54) is 36.4 Å². The van der Waals surface area contributed by atoms with Crippen LogP contribution in [-0.4, -0.2) is 26.3 Å². The number of hydrazine groups is 1. The van der Waals surface area contributed by atoms with Crippen LogP contribution in [0.25, 0.3) is 0 Å². The number of carbonyl (C=O) groups is 2. The van der Waals surface area contributed by atoms with E-state index in [0.29, 0.717) is 11.1 Å². The van der Waals surface area contributed by atoms with Gasteiger partial charge in [0.05, 0.1) is 6.42 Å². The predicted molar refractivity (Wildman–Crippen MR) is 117 cm³/mol. The Kier molecular flexibility index (Phi) is 7.86. The highest BCUT2D eigenvalue weighted by molar-refractivity contribution is 7.89. The van der Waals surface area contributed by atoms with Gasteiger partial charge in [0.25, 0.3) is 5.91 Å². The molecule has 3 aromatic carbocycles. The number of nitrogens with one attached hydrogen (secondary N) is 3. The third-order valence-electron chi connectivity index (χ3n) is 4.63. The highest BCUT2D eigenvalue weighted by Gasteiger charge is 2.28. The Balaban J connectivity index is 1.71. The summed E-state index contributed by atoms with van der Waals surface area (Å²) in [7, 11) is -4.38. The molecule has 10 heteroatoms. The summed E-state index contributed by atoms with van der Waals surface area (Å²) < 4.78 is 54.7. The summed E-state index contributed by atoms with van der Waals surface area (Å²) in [6.45, 7) is 0. The molecule has 3 aromatic rings.